The first-order valence-corrected chi connectivity index (χ1v) is 23.0. The van der Waals surface area contributed by atoms with Crippen LogP contribution in [0.2, 0.25) is 0 Å². The molecule has 1 unspecified atom stereocenters. The van der Waals surface area contributed by atoms with Gasteiger partial charge in [-0.15, -0.1) is 0 Å². The van der Waals surface area contributed by atoms with Gasteiger partial charge in [-0.3, -0.25) is 52.7 Å². The monoisotopic (exact) mass is 1050 g/mol. The number of carbonyl (C=O) groups excluding carboxylic acids is 9. The summed E-state index contributed by atoms with van der Waals surface area (Å²) in [5.41, 5.74) is 11.7. The maximum Gasteiger partial charge on any atom is 0.340 e. The molecule has 0 radical (unpaired) electrons. The number of anilines is 1. The van der Waals surface area contributed by atoms with E-state index in [0.29, 0.717) is 60.9 Å². The van der Waals surface area contributed by atoms with Gasteiger partial charge in [-0.05, 0) is 63.6 Å². The third kappa shape index (κ3) is 22.2. The number of aryl methyl sites for hydroxylation is 1. The molecule has 1 aromatic heterocycles. The van der Waals surface area contributed by atoms with E-state index in [4.69, 9.17) is 15.9 Å². The van der Waals surface area contributed by atoms with E-state index in [0.717, 1.165) is 13.8 Å². The zero-order chi connectivity index (χ0) is 55.8. The van der Waals surface area contributed by atoms with Gasteiger partial charge < -0.3 is 78.8 Å². The number of carboxylic acid groups (broad SMARTS) is 4. The summed E-state index contributed by atoms with van der Waals surface area (Å²) in [5.74, 6) is -15.7. The maximum absolute atomic E-state index is 13.3. The third-order valence-electron chi connectivity index (χ3n) is 10.8. The number of carboxylic acids is 4. The highest BCUT2D eigenvalue weighted by molar-refractivity contribution is 5.99. The summed E-state index contributed by atoms with van der Waals surface area (Å²) >= 11 is 0. The van der Waals surface area contributed by atoms with Gasteiger partial charge in [-0.25, -0.2) is 14.4 Å². The lowest BCUT2D eigenvalue weighted by molar-refractivity contribution is -0.146. The fraction of sp³-hybridized carbons (Fsp3) is 0.511. The Hall–Kier alpha value is -8.66. The van der Waals surface area contributed by atoms with Crippen molar-refractivity contribution in [3.8, 4) is 0 Å². The predicted molar refractivity (Wildman–Crippen MR) is 255 cm³/mol. The molecule has 0 bridgehead atoms. The number of carbonyl (C=O) groups is 13. The van der Waals surface area contributed by atoms with Gasteiger partial charge in [0.15, 0.2) is 0 Å². The molecule has 2 rings (SSSR count). The van der Waals surface area contributed by atoms with E-state index in [2.05, 4.69) is 26.6 Å². The van der Waals surface area contributed by atoms with E-state index in [1.165, 1.54) is 6.07 Å². The number of hydrogen-bond donors (Lipinski definition) is 14. The lowest BCUT2D eigenvalue weighted by Gasteiger charge is -2.25. The number of primary amides is 1. The molecule has 16 N–H and O–H groups in total. The van der Waals surface area contributed by atoms with Crippen LogP contribution in [0.4, 0.5) is 5.69 Å². The van der Waals surface area contributed by atoms with Gasteiger partial charge >= 0.3 is 29.5 Å². The molecule has 0 aliphatic carbocycles. The lowest BCUT2D eigenvalue weighted by Crippen LogP contribution is -2.59. The number of unbranched alkanes of at least 4 members (excludes halogenated alkanes) is 3. The van der Waals surface area contributed by atoms with E-state index in [1.807, 2.05) is 10.6 Å². The van der Waals surface area contributed by atoms with Crippen molar-refractivity contribution < 1.29 is 87.2 Å². The second-order valence-corrected chi connectivity index (χ2v) is 17.0. The van der Waals surface area contributed by atoms with Crippen LogP contribution >= 0.6 is 0 Å². The largest absolute Gasteiger partial charge is 0.481 e. The molecule has 406 valence electrons. The zero-order valence-corrected chi connectivity index (χ0v) is 40.7. The van der Waals surface area contributed by atoms with Gasteiger partial charge in [0.05, 0.1) is 37.7 Å². The minimum absolute atomic E-state index is 0.0322. The number of aliphatic carboxylic acids is 4. The molecule has 0 spiro atoms. The standard InChI is InChI=1S/C45H62N10O19/c1-21-25-12-11-24(46)15-32(25)74-45(73)26(21)16-35(59)49-13-7-4-5-10-34(58)48-14-8-6-9-27(51-23(3)56)40(66)50-22(2)39(65)53-28(19-37(61)62)41(67)54-29(20-38(63)64)42(68)55-31(44(71)72)18-36(60)52-30(43(69)70)17-33(47)57/h11-12,15,22,27-31H,4-10,13-14,16-20,46H2,1-3H3,(H2,47,57)(H,48,58)(H,49,59)(H,50,66)(H,51,56)(H,52,60)(H,53,65)(H,54,67)(H,55,68)(H,61,62)(H,63,64)(H,69,70)(H,71,72)/t22-,27-,28-,29-,30?,31-/m0/s1. The summed E-state index contributed by atoms with van der Waals surface area (Å²) in [4.78, 5) is 172. The van der Waals surface area contributed by atoms with Crippen LogP contribution in [0.5, 0.6) is 0 Å². The average Bonchev–Trinajstić information content (AvgIpc) is 3.29. The third-order valence-corrected chi connectivity index (χ3v) is 10.8. The molecule has 29 nitrogen and oxygen atoms in total. The van der Waals surface area contributed by atoms with Crippen molar-refractivity contribution in [3.05, 3.63) is 39.7 Å². The SMILES string of the molecule is CC(=O)N[C@@H](CCCCNC(=O)CCCCCNC(=O)Cc1c(C)c2ccc(N)cc2oc1=O)C(=O)N[C@@H](C)C(=O)N[C@@H](CC(=O)O)C(=O)N[C@@H](CC(=O)O)C(=O)N[C@@H](CC(=O)NC(CC(N)=O)C(=O)O)C(=O)O. The number of benzene rings is 1. The van der Waals surface area contributed by atoms with Crippen LogP contribution < -0.4 is 59.6 Å². The normalized spacial score (nSPS) is 13.2. The van der Waals surface area contributed by atoms with Gasteiger partial charge in [0.2, 0.25) is 53.2 Å². The van der Waals surface area contributed by atoms with Crippen LogP contribution in [0.25, 0.3) is 11.0 Å². The minimum atomic E-state index is -2.17. The quantitative estimate of drug-likeness (QED) is 0.0188. The fourth-order valence-electron chi connectivity index (χ4n) is 6.99. The van der Waals surface area contributed by atoms with Gasteiger partial charge in [-0.1, -0.05) is 6.42 Å². The summed E-state index contributed by atoms with van der Waals surface area (Å²) in [6, 6.07) is -6.03. The second kappa shape index (κ2) is 30.3. The Balaban J connectivity index is 1.88. The number of rotatable bonds is 33. The summed E-state index contributed by atoms with van der Waals surface area (Å²) in [5, 5.41) is 56.2. The zero-order valence-electron chi connectivity index (χ0n) is 40.7. The van der Waals surface area contributed by atoms with Crippen LogP contribution in [0.15, 0.2) is 27.4 Å². The van der Waals surface area contributed by atoms with Crippen molar-refractivity contribution >= 4 is 93.7 Å². The summed E-state index contributed by atoms with van der Waals surface area (Å²) < 4.78 is 5.33. The number of amides is 9. The first-order chi connectivity index (χ1) is 34.7. The van der Waals surface area contributed by atoms with Gasteiger partial charge in [0.25, 0.3) is 0 Å². The van der Waals surface area contributed by atoms with Crippen molar-refractivity contribution in [3.63, 3.8) is 0 Å². The average molecular weight is 1050 g/mol. The van der Waals surface area contributed by atoms with Crippen LogP contribution in [0.3, 0.4) is 0 Å². The number of fused-ring (bicyclic) bond motifs is 1. The van der Waals surface area contributed by atoms with Crippen molar-refractivity contribution in [2.75, 3.05) is 18.8 Å². The number of hydrogen-bond acceptors (Lipinski definition) is 16. The molecule has 1 heterocycles. The van der Waals surface area contributed by atoms with E-state index < -0.39 is 133 Å². The molecule has 0 aliphatic heterocycles. The van der Waals surface area contributed by atoms with Crippen LogP contribution in [-0.4, -0.2) is 147 Å². The molecular weight excluding hydrogens is 985 g/mol. The second-order valence-electron chi connectivity index (χ2n) is 17.0. The first-order valence-electron chi connectivity index (χ1n) is 23.0. The van der Waals surface area contributed by atoms with Gasteiger partial charge in [0.1, 0.15) is 41.8 Å². The highest BCUT2D eigenvalue weighted by Crippen LogP contribution is 2.22. The Kier molecular flexibility index (Phi) is 25.1. The Labute approximate surface area is 421 Å². The van der Waals surface area contributed by atoms with Crippen LogP contribution in [-0.2, 0) is 68.7 Å². The molecule has 0 saturated carbocycles. The molecule has 9 amide bonds. The van der Waals surface area contributed by atoms with E-state index >= 15 is 0 Å². The number of nitrogens with two attached hydrogens (primary N) is 2. The summed E-state index contributed by atoms with van der Waals surface area (Å²) in [7, 11) is 0. The minimum Gasteiger partial charge on any atom is -0.481 e. The molecule has 0 fully saturated rings. The molecule has 2 aromatic rings. The first kappa shape index (κ1) is 61.5. The van der Waals surface area contributed by atoms with Crippen LogP contribution in [0, 0.1) is 6.92 Å². The highest BCUT2D eigenvalue weighted by atomic mass is 16.4. The van der Waals surface area contributed by atoms with Crippen molar-refractivity contribution in [1.82, 2.24) is 42.5 Å². The summed E-state index contributed by atoms with van der Waals surface area (Å²) in [6.07, 6.45) is -2.04. The Bertz CT molecular complexity index is 2510. The predicted octanol–water partition coefficient (Wildman–Crippen LogP) is -3.48. The van der Waals surface area contributed by atoms with Gasteiger partial charge in [0, 0.05) is 43.6 Å². The molecule has 0 saturated heterocycles. The number of nitrogen functional groups attached to an aromatic ring is 1. The topological polar surface area (TPSA) is 481 Å². The van der Waals surface area contributed by atoms with Gasteiger partial charge in [-0.2, -0.15) is 0 Å². The Morgan fingerprint density at radius 3 is 1.68 bits per heavy atom. The van der Waals surface area contributed by atoms with E-state index in [1.54, 1.807) is 24.4 Å². The maximum atomic E-state index is 13.3. The van der Waals surface area contributed by atoms with Crippen molar-refractivity contribution in [2.45, 2.75) is 134 Å². The van der Waals surface area contributed by atoms with E-state index in [9.17, 15) is 87.5 Å². The van der Waals surface area contributed by atoms with Crippen molar-refractivity contribution in [1.29, 1.82) is 0 Å². The van der Waals surface area contributed by atoms with Crippen LogP contribution in [0.1, 0.15) is 95.6 Å². The Morgan fingerprint density at radius 2 is 1.12 bits per heavy atom. The highest BCUT2D eigenvalue weighted by Gasteiger charge is 2.34. The lowest BCUT2D eigenvalue weighted by atomic mass is 10.0. The molecule has 74 heavy (non-hydrogen) atoms. The summed E-state index contributed by atoms with van der Waals surface area (Å²) in [6.45, 7) is 4.53. The Morgan fingerprint density at radius 1 is 0.595 bits per heavy atom. The molecule has 0 aliphatic rings. The van der Waals surface area contributed by atoms with Crippen molar-refractivity contribution in [2.24, 2.45) is 5.73 Å². The molecular formula is C45H62N10O19. The molecule has 29 heteroatoms. The molecule has 6 atom stereocenters. The molecule has 1 aromatic carbocycles. The number of nitrogens with one attached hydrogen (secondary N) is 8. The van der Waals surface area contributed by atoms with E-state index in [-0.39, 0.29) is 43.2 Å². The smallest absolute Gasteiger partial charge is 0.340 e. The fourth-order valence-corrected chi connectivity index (χ4v) is 6.99.